The Labute approximate surface area is 123 Å². The van der Waals surface area contributed by atoms with Crippen molar-refractivity contribution < 1.29 is 0 Å². The Balaban J connectivity index is 2.50. The van der Waals surface area contributed by atoms with Gasteiger partial charge in [0.05, 0.1) is 6.04 Å². The average Bonchev–Trinajstić information content (AvgIpc) is 2.72. The molecule has 0 saturated carbocycles. The molecule has 0 bridgehead atoms. The molecule has 4 heteroatoms. The summed E-state index contributed by atoms with van der Waals surface area (Å²) in [5.74, 6) is 0. The van der Waals surface area contributed by atoms with Gasteiger partial charge in [-0.1, -0.05) is 34.1 Å². The topological polar surface area (TPSA) is 12.0 Å². The van der Waals surface area contributed by atoms with Gasteiger partial charge in [-0.25, -0.2) is 0 Å². The molecule has 1 nitrogen and oxygen atoms in total. The van der Waals surface area contributed by atoms with Gasteiger partial charge in [-0.2, -0.15) is 11.3 Å². The molecular weight excluding hydrogens is 362 g/mol. The van der Waals surface area contributed by atoms with Gasteiger partial charge in [0.1, 0.15) is 0 Å². The van der Waals surface area contributed by atoms with Crippen LogP contribution in [-0.2, 0) is 0 Å². The normalized spacial score (nSPS) is 12.7. The van der Waals surface area contributed by atoms with E-state index in [0.29, 0.717) is 0 Å². The number of aryl methyl sites for hydroxylation is 1. The Morgan fingerprint density at radius 1 is 1.18 bits per heavy atom. The summed E-state index contributed by atoms with van der Waals surface area (Å²) < 4.78 is 2.34. The van der Waals surface area contributed by atoms with Crippen LogP contribution in [0, 0.1) is 6.92 Å². The van der Waals surface area contributed by atoms with Crippen molar-refractivity contribution >= 4 is 43.2 Å². The second kappa shape index (κ2) is 5.65. The molecule has 1 aromatic carbocycles. The van der Waals surface area contributed by atoms with Crippen molar-refractivity contribution in [3.05, 3.63) is 54.6 Å². The zero-order chi connectivity index (χ0) is 12.4. The molecule has 0 aliphatic heterocycles. The van der Waals surface area contributed by atoms with Gasteiger partial charge in [0.15, 0.2) is 0 Å². The quantitative estimate of drug-likeness (QED) is 0.806. The summed E-state index contributed by atoms with van der Waals surface area (Å²) in [6.07, 6.45) is 0. The second-order valence-corrected chi connectivity index (χ2v) is 6.27. The Hall–Kier alpha value is -0.160. The van der Waals surface area contributed by atoms with E-state index in [1.807, 2.05) is 7.05 Å². The maximum Gasteiger partial charge on any atom is 0.0605 e. The summed E-state index contributed by atoms with van der Waals surface area (Å²) in [4.78, 5) is 0. The molecule has 0 aliphatic carbocycles. The first-order valence-corrected chi connectivity index (χ1v) is 7.82. The molecule has 0 amide bonds. The fourth-order valence-electron chi connectivity index (χ4n) is 1.87. The van der Waals surface area contributed by atoms with Crippen LogP contribution in [0.1, 0.15) is 22.7 Å². The molecule has 1 unspecified atom stereocenters. The molecule has 0 saturated heterocycles. The number of thiophene rings is 1. The maximum atomic E-state index is 3.68. The highest BCUT2D eigenvalue weighted by Gasteiger charge is 2.18. The van der Waals surface area contributed by atoms with E-state index in [4.69, 9.17) is 0 Å². The van der Waals surface area contributed by atoms with Crippen LogP contribution in [0.3, 0.4) is 0 Å². The summed E-state index contributed by atoms with van der Waals surface area (Å²) in [7, 11) is 1.99. The third-order valence-electron chi connectivity index (χ3n) is 2.77. The van der Waals surface area contributed by atoms with E-state index in [9.17, 15) is 0 Å². The smallest absolute Gasteiger partial charge is 0.0605 e. The van der Waals surface area contributed by atoms with Gasteiger partial charge in [0.25, 0.3) is 0 Å². The van der Waals surface area contributed by atoms with Crippen LogP contribution in [-0.4, -0.2) is 7.05 Å². The van der Waals surface area contributed by atoms with Crippen molar-refractivity contribution in [2.24, 2.45) is 0 Å². The van der Waals surface area contributed by atoms with Gasteiger partial charge in [0, 0.05) is 14.3 Å². The lowest BCUT2D eigenvalue weighted by Crippen LogP contribution is -2.18. The van der Waals surface area contributed by atoms with Gasteiger partial charge in [-0.15, -0.1) is 0 Å². The number of rotatable bonds is 3. The molecule has 0 radical (unpaired) electrons. The van der Waals surface area contributed by atoms with Crippen LogP contribution in [0.5, 0.6) is 0 Å². The number of nitrogens with one attached hydrogen (secondary N) is 1. The minimum Gasteiger partial charge on any atom is -0.309 e. The average molecular weight is 375 g/mol. The lowest BCUT2D eigenvalue weighted by molar-refractivity contribution is 0.688. The predicted octanol–water partition coefficient (Wildman–Crippen LogP) is 4.89. The van der Waals surface area contributed by atoms with Crippen molar-refractivity contribution in [3.63, 3.8) is 0 Å². The maximum absolute atomic E-state index is 3.68. The van der Waals surface area contributed by atoms with Gasteiger partial charge in [0.2, 0.25) is 0 Å². The van der Waals surface area contributed by atoms with Gasteiger partial charge >= 0.3 is 0 Å². The van der Waals surface area contributed by atoms with Crippen molar-refractivity contribution in [1.29, 1.82) is 0 Å². The number of halogens is 2. The van der Waals surface area contributed by atoms with Crippen molar-refractivity contribution in [1.82, 2.24) is 5.32 Å². The summed E-state index contributed by atoms with van der Waals surface area (Å²) in [5, 5.41) is 7.67. The highest BCUT2D eigenvalue weighted by atomic mass is 79.9. The predicted molar refractivity (Wildman–Crippen MR) is 81.8 cm³/mol. The van der Waals surface area contributed by atoms with Gasteiger partial charge in [-0.3, -0.25) is 0 Å². The van der Waals surface area contributed by atoms with E-state index in [-0.39, 0.29) is 6.04 Å². The molecule has 2 aromatic rings. The fraction of sp³-hybridized carbons (Fsp3) is 0.231. The SMILES string of the molecule is CNC(c1cscc1Br)c1cccc(C)c1Br. The molecular formula is C13H13Br2NS. The zero-order valence-corrected chi connectivity index (χ0v) is 13.6. The van der Waals surface area contributed by atoms with Crippen LogP contribution in [0.15, 0.2) is 37.9 Å². The molecule has 1 N–H and O–H groups in total. The van der Waals surface area contributed by atoms with Crippen molar-refractivity contribution in [2.75, 3.05) is 7.05 Å². The molecule has 0 fully saturated rings. The summed E-state index contributed by atoms with van der Waals surface area (Å²) in [5.41, 5.74) is 3.81. The highest BCUT2D eigenvalue weighted by molar-refractivity contribution is 9.11. The minimum atomic E-state index is 0.213. The van der Waals surface area contributed by atoms with E-state index in [1.165, 1.54) is 21.2 Å². The summed E-state index contributed by atoms with van der Waals surface area (Å²) in [6.45, 7) is 2.11. The van der Waals surface area contributed by atoms with E-state index in [0.717, 1.165) is 4.47 Å². The lowest BCUT2D eigenvalue weighted by atomic mass is 10.00. The first kappa shape index (κ1) is 13.3. The molecule has 2 rings (SSSR count). The largest absolute Gasteiger partial charge is 0.309 e. The highest BCUT2D eigenvalue weighted by Crippen LogP contribution is 2.35. The first-order valence-electron chi connectivity index (χ1n) is 5.29. The fourth-order valence-corrected chi connectivity index (χ4v) is 3.91. The van der Waals surface area contributed by atoms with Gasteiger partial charge in [-0.05, 0) is 52.0 Å². The molecule has 1 aromatic heterocycles. The number of benzene rings is 1. The van der Waals surface area contributed by atoms with Crippen LogP contribution in [0.4, 0.5) is 0 Å². The summed E-state index contributed by atoms with van der Waals surface area (Å²) >= 11 is 9.00. The van der Waals surface area contributed by atoms with E-state index >= 15 is 0 Å². The van der Waals surface area contributed by atoms with E-state index < -0.39 is 0 Å². The Kier molecular flexibility index (Phi) is 4.42. The van der Waals surface area contributed by atoms with Crippen LogP contribution in [0.25, 0.3) is 0 Å². The first-order chi connectivity index (χ1) is 8.15. The Morgan fingerprint density at radius 2 is 1.94 bits per heavy atom. The second-order valence-electron chi connectivity index (χ2n) is 3.87. The van der Waals surface area contributed by atoms with Crippen LogP contribution >= 0.6 is 43.2 Å². The Bertz CT molecular complexity index is 522. The zero-order valence-electron chi connectivity index (χ0n) is 9.63. The molecule has 0 spiro atoms. The molecule has 90 valence electrons. The number of hydrogen-bond donors (Lipinski definition) is 1. The van der Waals surface area contributed by atoms with Gasteiger partial charge < -0.3 is 5.32 Å². The third-order valence-corrected chi connectivity index (χ3v) is 5.61. The minimum absolute atomic E-state index is 0.213. The Morgan fingerprint density at radius 3 is 2.53 bits per heavy atom. The molecule has 1 heterocycles. The van der Waals surface area contributed by atoms with Crippen LogP contribution in [0.2, 0.25) is 0 Å². The molecule has 17 heavy (non-hydrogen) atoms. The summed E-state index contributed by atoms with van der Waals surface area (Å²) in [6, 6.07) is 6.58. The monoisotopic (exact) mass is 373 g/mol. The number of hydrogen-bond acceptors (Lipinski definition) is 2. The third kappa shape index (κ3) is 2.65. The lowest BCUT2D eigenvalue weighted by Gasteiger charge is -2.19. The standard InChI is InChI=1S/C13H13Br2NS/c1-8-4-3-5-9(12(8)15)13(16-2)10-6-17-7-11(10)14/h3-7,13,16H,1-2H3. The van der Waals surface area contributed by atoms with Crippen LogP contribution < -0.4 is 5.32 Å². The van der Waals surface area contributed by atoms with Crippen molar-refractivity contribution in [2.45, 2.75) is 13.0 Å². The molecule has 1 atom stereocenters. The van der Waals surface area contributed by atoms with E-state index in [1.54, 1.807) is 11.3 Å². The van der Waals surface area contributed by atoms with Crippen molar-refractivity contribution in [3.8, 4) is 0 Å². The molecule has 0 aliphatic rings. The van der Waals surface area contributed by atoms with E-state index in [2.05, 4.69) is 73.1 Å².